The van der Waals surface area contributed by atoms with Crippen LogP contribution in [0.1, 0.15) is 19.7 Å². The second-order valence-corrected chi connectivity index (χ2v) is 4.95. The third-order valence-corrected chi connectivity index (χ3v) is 2.42. The Hall–Kier alpha value is -2.28. The first-order chi connectivity index (χ1) is 8.87. The second-order valence-electron chi connectivity index (χ2n) is 4.95. The minimum absolute atomic E-state index is 0.0538. The first-order valence-corrected chi connectivity index (χ1v) is 5.72. The van der Waals surface area contributed by atoms with Gasteiger partial charge in [0.2, 0.25) is 11.7 Å². The summed E-state index contributed by atoms with van der Waals surface area (Å²) < 4.78 is 5.07. The molecule has 7 nitrogen and oxygen atoms in total. The van der Waals surface area contributed by atoms with Crippen LogP contribution in [-0.2, 0) is 6.42 Å². The molecular formula is C12H14N4O3. The molecule has 1 heterocycles. The van der Waals surface area contributed by atoms with E-state index in [0.29, 0.717) is 17.9 Å². The van der Waals surface area contributed by atoms with Crippen LogP contribution in [0.25, 0.3) is 11.4 Å². The van der Waals surface area contributed by atoms with Gasteiger partial charge >= 0.3 is 0 Å². The number of aromatic nitrogens is 2. The standard InChI is InChI=1S/C12H14N4O3/c1-12(2,13)7-10-14-11(15-19-10)8-5-3-4-6-9(8)16(17)18/h3-6H,7,13H2,1-2H3. The molecule has 0 bridgehead atoms. The molecule has 0 saturated heterocycles. The molecule has 0 unspecified atom stereocenters. The molecular weight excluding hydrogens is 248 g/mol. The largest absolute Gasteiger partial charge is 0.339 e. The Balaban J connectivity index is 2.36. The van der Waals surface area contributed by atoms with Gasteiger partial charge in [-0.25, -0.2) is 0 Å². The molecule has 1 aromatic carbocycles. The van der Waals surface area contributed by atoms with Crippen molar-refractivity contribution in [3.8, 4) is 11.4 Å². The molecule has 0 aliphatic heterocycles. The lowest BCUT2D eigenvalue weighted by Gasteiger charge is -2.14. The highest BCUT2D eigenvalue weighted by Gasteiger charge is 2.21. The van der Waals surface area contributed by atoms with Crippen LogP contribution in [0.3, 0.4) is 0 Å². The fourth-order valence-electron chi connectivity index (χ4n) is 1.65. The van der Waals surface area contributed by atoms with Gasteiger partial charge in [-0.1, -0.05) is 17.3 Å². The number of para-hydroxylation sites is 1. The summed E-state index contributed by atoms with van der Waals surface area (Å²) in [5.74, 6) is 0.562. The molecule has 2 N–H and O–H groups in total. The highest BCUT2D eigenvalue weighted by molar-refractivity contribution is 5.67. The van der Waals surface area contributed by atoms with E-state index in [2.05, 4.69) is 10.1 Å². The van der Waals surface area contributed by atoms with Crippen molar-refractivity contribution < 1.29 is 9.45 Å². The topological polar surface area (TPSA) is 108 Å². The van der Waals surface area contributed by atoms with Gasteiger partial charge in [-0.3, -0.25) is 10.1 Å². The van der Waals surface area contributed by atoms with E-state index >= 15 is 0 Å². The smallest absolute Gasteiger partial charge is 0.280 e. The second kappa shape index (κ2) is 4.77. The average Bonchev–Trinajstić information content (AvgIpc) is 2.75. The summed E-state index contributed by atoms with van der Waals surface area (Å²) in [6.45, 7) is 3.67. The van der Waals surface area contributed by atoms with Gasteiger partial charge in [0.1, 0.15) is 5.56 Å². The molecule has 0 fully saturated rings. The third kappa shape index (κ3) is 3.14. The Bertz CT molecular complexity index is 601. The molecule has 100 valence electrons. The highest BCUT2D eigenvalue weighted by atomic mass is 16.6. The van der Waals surface area contributed by atoms with E-state index in [1.165, 1.54) is 6.07 Å². The van der Waals surface area contributed by atoms with E-state index < -0.39 is 10.5 Å². The number of nitro benzene ring substituents is 1. The van der Waals surface area contributed by atoms with Gasteiger partial charge in [0.05, 0.1) is 4.92 Å². The Morgan fingerprint density at radius 3 is 2.74 bits per heavy atom. The lowest BCUT2D eigenvalue weighted by molar-refractivity contribution is -0.384. The molecule has 2 rings (SSSR count). The molecule has 7 heteroatoms. The zero-order valence-electron chi connectivity index (χ0n) is 10.7. The van der Waals surface area contributed by atoms with Crippen LogP contribution in [0.2, 0.25) is 0 Å². The van der Waals surface area contributed by atoms with Gasteiger partial charge in [0.25, 0.3) is 5.69 Å². The number of hydrogen-bond donors (Lipinski definition) is 1. The molecule has 0 amide bonds. The zero-order valence-corrected chi connectivity index (χ0v) is 10.7. The molecule has 0 aliphatic carbocycles. The van der Waals surface area contributed by atoms with E-state index in [-0.39, 0.29) is 11.5 Å². The predicted octanol–water partition coefficient (Wildman–Crippen LogP) is 1.92. The zero-order chi connectivity index (χ0) is 14.0. The van der Waals surface area contributed by atoms with Crippen LogP contribution >= 0.6 is 0 Å². The maximum atomic E-state index is 10.9. The molecule has 0 spiro atoms. The van der Waals surface area contributed by atoms with E-state index in [1.807, 2.05) is 13.8 Å². The molecule has 0 saturated carbocycles. The fourth-order valence-corrected chi connectivity index (χ4v) is 1.65. The third-order valence-electron chi connectivity index (χ3n) is 2.42. The first kappa shape index (κ1) is 13.2. The summed E-state index contributed by atoms with van der Waals surface area (Å²) in [4.78, 5) is 14.6. The summed E-state index contributed by atoms with van der Waals surface area (Å²) in [7, 11) is 0. The van der Waals surface area contributed by atoms with Gasteiger partial charge in [-0.2, -0.15) is 4.98 Å². The van der Waals surface area contributed by atoms with E-state index in [4.69, 9.17) is 10.3 Å². The molecule has 0 atom stereocenters. The van der Waals surface area contributed by atoms with Crippen molar-refractivity contribution in [2.24, 2.45) is 5.73 Å². The summed E-state index contributed by atoms with van der Waals surface area (Å²) in [6.07, 6.45) is 0.403. The van der Waals surface area contributed by atoms with Crippen molar-refractivity contribution in [1.82, 2.24) is 10.1 Å². The Morgan fingerprint density at radius 1 is 1.42 bits per heavy atom. The Morgan fingerprint density at radius 2 is 2.11 bits per heavy atom. The monoisotopic (exact) mass is 262 g/mol. The summed E-state index contributed by atoms with van der Waals surface area (Å²) in [5.41, 5.74) is 5.65. The van der Waals surface area contributed by atoms with E-state index in [0.717, 1.165) is 0 Å². The molecule has 0 radical (unpaired) electrons. The minimum atomic E-state index is -0.480. The van der Waals surface area contributed by atoms with E-state index in [9.17, 15) is 10.1 Å². The summed E-state index contributed by atoms with van der Waals surface area (Å²) in [6, 6.07) is 6.26. The predicted molar refractivity (Wildman–Crippen MR) is 68.4 cm³/mol. The van der Waals surface area contributed by atoms with Crippen LogP contribution in [0.5, 0.6) is 0 Å². The quantitative estimate of drug-likeness (QED) is 0.666. The number of hydrogen-bond acceptors (Lipinski definition) is 6. The van der Waals surface area contributed by atoms with Gasteiger partial charge in [0.15, 0.2) is 0 Å². The van der Waals surface area contributed by atoms with Crippen molar-refractivity contribution in [3.63, 3.8) is 0 Å². The van der Waals surface area contributed by atoms with Gasteiger partial charge in [-0.05, 0) is 19.9 Å². The normalized spacial score (nSPS) is 11.5. The molecule has 2 aromatic rings. The molecule has 0 aliphatic rings. The van der Waals surface area contributed by atoms with Crippen LogP contribution in [0.4, 0.5) is 5.69 Å². The number of nitro groups is 1. The fraction of sp³-hybridized carbons (Fsp3) is 0.333. The van der Waals surface area contributed by atoms with Crippen molar-refractivity contribution in [2.45, 2.75) is 25.8 Å². The van der Waals surface area contributed by atoms with E-state index in [1.54, 1.807) is 18.2 Å². The Kier molecular flexibility index (Phi) is 3.30. The SMILES string of the molecule is CC(C)(N)Cc1nc(-c2ccccc2[N+](=O)[O-])no1. The van der Waals surface area contributed by atoms with Crippen molar-refractivity contribution in [3.05, 3.63) is 40.3 Å². The number of nitrogens with two attached hydrogens (primary N) is 1. The van der Waals surface area contributed by atoms with Crippen molar-refractivity contribution in [1.29, 1.82) is 0 Å². The molecule has 19 heavy (non-hydrogen) atoms. The minimum Gasteiger partial charge on any atom is -0.339 e. The number of rotatable bonds is 4. The lowest BCUT2D eigenvalue weighted by atomic mass is 10.0. The maximum Gasteiger partial charge on any atom is 0.280 e. The van der Waals surface area contributed by atoms with Gasteiger partial charge in [0, 0.05) is 18.0 Å². The highest BCUT2D eigenvalue weighted by Crippen LogP contribution is 2.27. The lowest BCUT2D eigenvalue weighted by Crippen LogP contribution is -2.34. The first-order valence-electron chi connectivity index (χ1n) is 5.72. The number of nitrogens with zero attached hydrogens (tertiary/aromatic N) is 3. The number of benzene rings is 1. The summed E-state index contributed by atoms with van der Waals surface area (Å²) in [5, 5.41) is 14.7. The molecule has 1 aromatic heterocycles. The van der Waals surface area contributed by atoms with Crippen LogP contribution in [0, 0.1) is 10.1 Å². The van der Waals surface area contributed by atoms with Crippen LogP contribution in [-0.4, -0.2) is 20.6 Å². The van der Waals surface area contributed by atoms with Crippen LogP contribution < -0.4 is 5.73 Å². The van der Waals surface area contributed by atoms with Crippen molar-refractivity contribution in [2.75, 3.05) is 0 Å². The van der Waals surface area contributed by atoms with Crippen LogP contribution in [0.15, 0.2) is 28.8 Å². The van der Waals surface area contributed by atoms with Crippen molar-refractivity contribution >= 4 is 5.69 Å². The summed E-state index contributed by atoms with van der Waals surface area (Å²) >= 11 is 0. The average molecular weight is 262 g/mol. The Labute approximate surface area is 109 Å². The van der Waals surface area contributed by atoms with Gasteiger partial charge < -0.3 is 10.3 Å². The van der Waals surface area contributed by atoms with Gasteiger partial charge in [-0.15, -0.1) is 0 Å². The maximum absolute atomic E-state index is 10.9.